The lowest BCUT2D eigenvalue weighted by Gasteiger charge is -2.15. The van der Waals surface area contributed by atoms with E-state index in [1.807, 2.05) is 61.5 Å². The molecule has 23 heavy (non-hydrogen) atoms. The number of nitrogens with zero attached hydrogens (tertiary/aromatic N) is 4. The SMILES string of the molecule is CC[C@@H](C(=O)Nc1ccc(-n2cnnn2)cc1)c1ccccc1. The fourth-order valence-corrected chi connectivity index (χ4v) is 2.46. The minimum Gasteiger partial charge on any atom is -0.326 e. The second kappa shape index (κ2) is 6.83. The van der Waals surface area contributed by atoms with Crippen molar-refractivity contribution in [2.75, 3.05) is 5.32 Å². The molecule has 1 heterocycles. The van der Waals surface area contributed by atoms with Gasteiger partial charge in [-0.3, -0.25) is 4.79 Å². The number of aromatic nitrogens is 4. The van der Waals surface area contributed by atoms with E-state index in [0.29, 0.717) is 0 Å². The molecule has 0 aliphatic rings. The Bertz CT molecular complexity index is 753. The van der Waals surface area contributed by atoms with E-state index in [0.717, 1.165) is 23.4 Å². The predicted molar refractivity (Wildman–Crippen MR) is 87.3 cm³/mol. The van der Waals surface area contributed by atoms with Crippen molar-refractivity contribution in [1.29, 1.82) is 0 Å². The van der Waals surface area contributed by atoms with Gasteiger partial charge >= 0.3 is 0 Å². The maximum absolute atomic E-state index is 12.5. The highest BCUT2D eigenvalue weighted by Crippen LogP contribution is 2.22. The van der Waals surface area contributed by atoms with Crippen LogP contribution in [0.5, 0.6) is 0 Å². The van der Waals surface area contributed by atoms with E-state index in [2.05, 4.69) is 20.8 Å². The van der Waals surface area contributed by atoms with Gasteiger partial charge < -0.3 is 5.32 Å². The van der Waals surface area contributed by atoms with Crippen LogP contribution in [0.15, 0.2) is 60.9 Å². The van der Waals surface area contributed by atoms with Gasteiger partial charge in [0.15, 0.2) is 0 Å². The third-order valence-corrected chi connectivity index (χ3v) is 3.68. The summed E-state index contributed by atoms with van der Waals surface area (Å²) in [5, 5.41) is 14.0. The van der Waals surface area contributed by atoms with Gasteiger partial charge in [-0.1, -0.05) is 37.3 Å². The molecule has 6 nitrogen and oxygen atoms in total. The molecule has 6 heteroatoms. The van der Waals surface area contributed by atoms with Crippen molar-refractivity contribution in [2.24, 2.45) is 0 Å². The Morgan fingerprint density at radius 3 is 2.48 bits per heavy atom. The van der Waals surface area contributed by atoms with Gasteiger partial charge in [0, 0.05) is 5.69 Å². The van der Waals surface area contributed by atoms with Crippen molar-refractivity contribution in [3.05, 3.63) is 66.5 Å². The zero-order valence-corrected chi connectivity index (χ0v) is 12.8. The molecule has 0 radical (unpaired) electrons. The maximum atomic E-state index is 12.5. The lowest BCUT2D eigenvalue weighted by Crippen LogP contribution is -2.20. The Labute approximate surface area is 134 Å². The molecule has 0 saturated carbocycles. The summed E-state index contributed by atoms with van der Waals surface area (Å²) in [6.07, 6.45) is 2.27. The van der Waals surface area contributed by atoms with Gasteiger partial charge in [-0.15, -0.1) is 5.10 Å². The molecule has 3 aromatic rings. The van der Waals surface area contributed by atoms with Crippen LogP contribution in [0.1, 0.15) is 24.8 Å². The van der Waals surface area contributed by atoms with Crippen molar-refractivity contribution in [3.8, 4) is 5.69 Å². The summed E-state index contributed by atoms with van der Waals surface area (Å²) in [5.74, 6) is -0.163. The number of anilines is 1. The Balaban J connectivity index is 1.72. The van der Waals surface area contributed by atoms with E-state index in [9.17, 15) is 4.79 Å². The lowest BCUT2D eigenvalue weighted by atomic mass is 9.95. The number of hydrogen-bond acceptors (Lipinski definition) is 4. The van der Waals surface area contributed by atoms with Gasteiger partial charge in [-0.2, -0.15) is 0 Å². The van der Waals surface area contributed by atoms with Gasteiger partial charge in [-0.25, -0.2) is 4.68 Å². The van der Waals surface area contributed by atoms with E-state index < -0.39 is 0 Å². The number of carbonyl (C=O) groups excluding carboxylic acids is 1. The van der Waals surface area contributed by atoms with E-state index >= 15 is 0 Å². The van der Waals surface area contributed by atoms with Gasteiger partial charge in [-0.05, 0) is 46.7 Å². The van der Waals surface area contributed by atoms with Crippen LogP contribution in [0.2, 0.25) is 0 Å². The topological polar surface area (TPSA) is 72.7 Å². The van der Waals surface area contributed by atoms with Gasteiger partial charge in [0.25, 0.3) is 0 Å². The van der Waals surface area contributed by atoms with Crippen molar-refractivity contribution < 1.29 is 4.79 Å². The van der Waals surface area contributed by atoms with Crippen molar-refractivity contribution >= 4 is 11.6 Å². The Morgan fingerprint density at radius 2 is 1.87 bits per heavy atom. The van der Waals surface area contributed by atoms with Crippen molar-refractivity contribution in [1.82, 2.24) is 20.2 Å². The first-order valence-electron chi connectivity index (χ1n) is 7.47. The van der Waals surface area contributed by atoms with Crippen LogP contribution in [0, 0.1) is 0 Å². The highest BCUT2D eigenvalue weighted by molar-refractivity contribution is 5.95. The zero-order chi connectivity index (χ0) is 16.1. The average molecular weight is 307 g/mol. The minimum absolute atomic E-state index is 0.00567. The third kappa shape index (κ3) is 3.42. The van der Waals surface area contributed by atoms with E-state index in [1.54, 1.807) is 4.68 Å². The normalized spacial score (nSPS) is 11.9. The van der Waals surface area contributed by atoms with Crippen molar-refractivity contribution in [3.63, 3.8) is 0 Å². The summed E-state index contributed by atoms with van der Waals surface area (Å²) >= 11 is 0. The van der Waals surface area contributed by atoms with Crippen LogP contribution in [0.25, 0.3) is 5.69 Å². The summed E-state index contributed by atoms with van der Waals surface area (Å²) in [4.78, 5) is 12.5. The Morgan fingerprint density at radius 1 is 1.13 bits per heavy atom. The highest BCUT2D eigenvalue weighted by Gasteiger charge is 2.18. The van der Waals surface area contributed by atoms with E-state index in [4.69, 9.17) is 0 Å². The molecule has 0 fully saturated rings. The minimum atomic E-state index is -0.157. The molecule has 0 saturated heterocycles. The highest BCUT2D eigenvalue weighted by atomic mass is 16.1. The predicted octanol–water partition coefficient (Wildman–Crippen LogP) is 2.79. The summed E-state index contributed by atoms with van der Waals surface area (Å²) in [6.45, 7) is 2.01. The quantitative estimate of drug-likeness (QED) is 0.786. The molecule has 116 valence electrons. The van der Waals surface area contributed by atoms with E-state index in [1.165, 1.54) is 6.33 Å². The molecule has 0 aliphatic carbocycles. The zero-order valence-electron chi connectivity index (χ0n) is 12.8. The maximum Gasteiger partial charge on any atom is 0.231 e. The van der Waals surface area contributed by atoms with Crippen LogP contribution in [0.3, 0.4) is 0 Å². The summed E-state index contributed by atoms with van der Waals surface area (Å²) in [6, 6.07) is 17.2. The largest absolute Gasteiger partial charge is 0.326 e. The molecule has 0 spiro atoms. The van der Waals surface area contributed by atoms with Gasteiger partial charge in [0.05, 0.1) is 11.6 Å². The second-order valence-electron chi connectivity index (χ2n) is 5.16. The third-order valence-electron chi connectivity index (χ3n) is 3.68. The number of carbonyl (C=O) groups is 1. The molecule has 1 atom stereocenters. The molecular weight excluding hydrogens is 290 g/mol. The molecule has 1 amide bonds. The van der Waals surface area contributed by atoms with E-state index in [-0.39, 0.29) is 11.8 Å². The molecular formula is C17H17N5O. The fourth-order valence-electron chi connectivity index (χ4n) is 2.46. The van der Waals surface area contributed by atoms with Gasteiger partial charge in [0.1, 0.15) is 6.33 Å². The summed E-state index contributed by atoms with van der Waals surface area (Å²) < 4.78 is 1.56. The van der Waals surface area contributed by atoms with Crippen LogP contribution in [0.4, 0.5) is 5.69 Å². The number of benzene rings is 2. The molecule has 0 bridgehead atoms. The summed E-state index contributed by atoms with van der Waals surface area (Å²) in [7, 11) is 0. The Kier molecular flexibility index (Phi) is 4.42. The number of nitrogens with one attached hydrogen (secondary N) is 1. The molecule has 0 aliphatic heterocycles. The molecule has 0 unspecified atom stereocenters. The molecule has 3 rings (SSSR count). The second-order valence-corrected chi connectivity index (χ2v) is 5.16. The van der Waals surface area contributed by atoms with Gasteiger partial charge in [0.2, 0.25) is 5.91 Å². The Hall–Kier alpha value is -3.02. The number of rotatable bonds is 5. The first-order valence-corrected chi connectivity index (χ1v) is 7.47. The number of hydrogen-bond donors (Lipinski definition) is 1. The monoisotopic (exact) mass is 307 g/mol. The van der Waals surface area contributed by atoms with Crippen LogP contribution in [-0.2, 0) is 4.79 Å². The average Bonchev–Trinajstić information content (AvgIpc) is 3.12. The molecule has 1 aromatic heterocycles. The summed E-state index contributed by atoms with van der Waals surface area (Å²) in [5.41, 5.74) is 2.61. The first-order chi connectivity index (χ1) is 11.3. The molecule has 1 N–H and O–H groups in total. The number of tetrazole rings is 1. The first kappa shape index (κ1) is 14.9. The number of amides is 1. The standard InChI is InChI=1S/C17H17N5O/c1-2-16(13-6-4-3-5-7-13)17(23)19-14-8-10-15(11-9-14)22-12-18-20-21-22/h3-12,16H,2H2,1H3,(H,19,23)/t16-/m1/s1. The fraction of sp³-hybridized carbons (Fsp3) is 0.176. The van der Waals surface area contributed by atoms with Crippen LogP contribution < -0.4 is 5.32 Å². The smallest absolute Gasteiger partial charge is 0.231 e. The molecule has 2 aromatic carbocycles. The van der Waals surface area contributed by atoms with Crippen molar-refractivity contribution in [2.45, 2.75) is 19.3 Å². The van der Waals surface area contributed by atoms with Crippen LogP contribution >= 0.6 is 0 Å². The lowest BCUT2D eigenvalue weighted by molar-refractivity contribution is -0.117. The van der Waals surface area contributed by atoms with Crippen LogP contribution in [-0.4, -0.2) is 26.1 Å².